The van der Waals surface area contributed by atoms with E-state index in [0.717, 1.165) is 6.20 Å². The van der Waals surface area contributed by atoms with Gasteiger partial charge in [-0.3, -0.25) is 0 Å². The molecule has 2 heterocycles. The minimum Gasteiger partial charge on any atom is -0.591 e. The lowest BCUT2D eigenvalue weighted by Crippen LogP contribution is -2.26. The molecular weight excluding hydrogens is 293 g/mol. The molecule has 0 radical (unpaired) electrons. The van der Waals surface area contributed by atoms with Gasteiger partial charge in [-0.2, -0.15) is 5.10 Å². The van der Waals surface area contributed by atoms with Crippen LogP contribution in [0.5, 0.6) is 0 Å². The molecule has 0 amide bonds. The summed E-state index contributed by atoms with van der Waals surface area (Å²) in [5.41, 5.74) is 1.05. The van der Waals surface area contributed by atoms with Gasteiger partial charge in [0.1, 0.15) is 27.5 Å². The molecule has 0 saturated heterocycles. The Kier molecular flexibility index (Phi) is 4.38. The van der Waals surface area contributed by atoms with Gasteiger partial charge in [-0.25, -0.2) is 19.0 Å². The van der Waals surface area contributed by atoms with Gasteiger partial charge in [-0.05, 0) is 27.7 Å². The van der Waals surface area contributed by atoms with E-state index in [1.165, 1.54) is 23.3 Å². The van der Waals surface area contributed by atoms with Crippen LogP contribution in [0.25, 0.3) is 5.82 Å². The van der Waals surface area contributed by atoms with Crippen molar-refractivity contribution in [2.75, 3.05) is 0 Å². The van der Waals surface area contributed by atoms with Crippen LogP contribution in [-0.2, 0) is 11.4 Å². The van der Waals surface area contributed by atoms with Gasteiger partial charge < -0.3 is 4.55 Å². The molecule has 2 aromatic heterocycles. The molecule has 0 N–H and O–H groups in total. The Morgan fingerprint density at radius 3 is 2.48 bits per heavy atom. The second-order valence-electron chi connectivity index (χ2n) is 5.40. The summed E-state index contributed by atoms with van der Waals surface area (Å²) < 4.78 is 29.8. The van der Waals surface area contributed by atoms with Crippen LogP contribution in [0, 0.1) is 5.82 Å². The molecule has 0 fully saturated rings. The van der Waals surface area contributed by atoms with Gasteiger partial charge >= 0.3 is 0 Å². The first-order chi connectivity index (χ1) is 9.77. The average molecular weight is 309 g/mol. The summed E-state index contributed by atoms with van der Waals surface area (Å²) in [6.07, 6.45) is 5.25. The van der Waals surface area contributed by atoms with Crippen molar-refractivity contribution < 1.29 is 8.94 Å². The van der Waals surface area contributed by atoms with Crippen molar-refractivity contribution in [2.45, 2.75) is 32.4 Å². The normalized spacial score (nSPS) is 14.3. The molecule has 0 aromatic carbocycles. The number of aromatic nitrogens is 4. The van der Waals surface area contributed by atoms with Gasteiger partial charge in [0.05, 0.1) is 24.8 Å². The Morgan fingerprint density at radius 2 is 2.00 bits per heavy atom. The maximum Gasteiger partial charge on any atom is 0.171 e. The Bertz CT molecular complexity index is 647. The van der Waals surface area contributed by atoms with Crippen molar-refractivity contribution in [2.24, 2.45) is 4.40 Å². The number of hydrogen-bond donors (Lipinski definition) is 0. The molecule has 0 aliphatic carbocycles. The largest absolute Gasteiger partial charge is 0.591 e. The number of hydrogen-bond acceptors (Lipinski definition) is 5. The van der Waals surface area contributed by atoms with Crippen LogP contribution in [0.15, 0.2) is 29.2 Å². The Balaban J connectivity index is 2.21. The highest BCUT2D eigenvalue weighted by atomic mass is 32.2. The molecule has 6 nitrogen and oxygen atoms in total. The van der Waals surface area contributed by atoms with Crippen molar-refractivity contribution >= 4 is 17.1 Å². The van der Waals surface area contributed by atoms with Gasteiger partial charge in [0, 0.05) is 0 Å². The monoisotopic (exact) mass is 309 g/mol. The van der Waals surface area contributed by atoms with Gasteiger partial charge in [-0.15, -0.1) is 0 Å². The summed E-state index contributed by atoms with van der Waals surface area (Å²) in [6.45, 7) is 7.27. The smallest absolute Gasteiger partial charge is 0.171 e. The standard InChI is InChI=1S/C13H16FN5OS/c1-9(18-21(20)13(2,3)4)11-6-16-12(7-15-11)19-8-10(14)5-17-19/h5-8H,1-4H3. The Hall–Kier alpha value is -1.80. The lowest BCUT2D eigenvalue weighted by Gasteiger charge is -2.18. The lowest BCUT2D eigenvalue weighted by atomic mass is 10.3. The highest BCUT2D eigenvalue weighted by Gasteiger charge is 2.27. The van der Waals surface area contributed by atoms with Crippen LogP contribution >= 0.6 is 0 Å². The van der Waals surface area contributed by atoms with Crippen molar-refractivity contribution in [1.29, 1.82) is 0 Å². The number of nitrogens with zero attached hydrogens (tertiary/aromatic N) is 5. The van der Waals surface area contributed by atoms with Gasteiger partial charge in [-0.1, -0.05) is 4.40 Å². The van der Waals surface area contributed by atoms with E-state index >= 15 is 0 Å². The summed E-state index contributed by atoms with van der Waals surface area (Å²) in [7, 11) is 0. The second-order valence-corrected chi connectivity index (χ2v) is 7.31. The third kappa shape index (κ3) is 3.85. The maximum atomic E-state index is 12.9. The predicted octanol–water partition coefficient (Wildman–Crippen LogP) is 2.07. The molecule has 0 bridgehead atoms. The third-order valence-electron chi connectivity index (χ3n) is 2.54. The highest BCUT2D eigenvalue weighted by molar-refractivity contribution is 7.91. The quantitative estimate of drug-likeness (QED) is 0.642. The summed E-state index contributed by atoms with van der Waals surface area (Å²) in [5.74, 6) is -0.0495. The first-order valence-electron chi connectivity index (χ1n) is 6.27. The Labute approximate surface area is 125 Å². The topological polar surface area (TPSA) is 79.0 Å². The average Bonchev–Trinajstić information content (AvgIpc) is 2.84. The van der Waals surface area contributed by atoms with E-state index in [2.05, 4.69) is 19.5 Å². The van der Waals surface area contributed by atoms with E-state index in [9.17, 15) is 8.94 Å². The van der Waals surface area contributed by atoms with E-state index in [1.807, 2.05) is 20.8 Å². The fraction of sp³-hybridized carbons (Fsp3) is 0.385. The molecule has 0 aliphatic rings. The number of rotatable bonds is 3. The third-order valence-corrected chi connectivity index (χ3v) is 4.03. The zero-order chi connectivity index (χ0) is 15.6. The van der Waals surface area contributed by atoms with E-state index < -0.39 is 21.9 Å². The number of halogens is 1. The zero-order valence-electron chi connectivity index (χ0n) is 12.2. The molecule has 0 saturated carbocycles. The van der Waals surface area contributed by atoms with Crippen LogP contribution in [0.2, 0.25) is 0 Å². The maximum absolute atomic E-state index is 12.9. The summed E-state index contributed by atoms with van der Waals surface area (Å²) in [4.78, 5) is 8.33. The first kappa shape index (κ1) is 15.6. The Morgan fingerprint density at radius 1 is 1.29 bits per heavy atom. The van der Waals surface area contributed by atoms with Gasteiger partial charge in [0.2, 0.25) is 0 Å². The molecule has 0 spiro atoms. The van der Waals surface area contributed by atoms with Crippen molar-refractivity contribution in [3.05, 3.63) is 36.3 Å². The molecule has 2 aromatic rings. The van der Waals surface area contributed by atoms with E-state index in [-0.39, 0.29) is 0 Å². The van der Waals surface area contributed by atoms with Crippen molar-refractivity contribution in [3.8, 4) is 5.82 Å². The first-order valence-corrected chi connectivity index (χ1v) is 7.38. The van der Waals surface area contributed by atoms with Crippen LogP contribution in [0.3, 0.4) is 0 Å². The van der Waals surface area contributed by atoms with Crippen molar-refractivity contribution in [1.82, 2.24) is 19.7 Å². The van der Waals surface area contributed by atoms with Crippen LogP contribution < -0.4 is 0 Å². The molecule has 112 valence electrons. The van der Waals surface area contributed by atoms with Crippen LogP contribution in [0.1, 0.15) is 33.4 Å². The van der Waals surface area contributed by atoms with E-state index in [1.54, 1.807) is 6.92 Å². The fourth-order valence-corrected chi connectivity index (χ4v) is 1.98. The van der Waals surface area contributed by atoms with Crippen molar-refractivity contribution in [3.63, 3.8) is 0 Å². The molecule has 1 atom stereocenters. The molecule has 0 aliphatic heterocycles. The molecular formula is C13H16FN5OS. The fourth-order valence-electron chi connectivity index (χ4n) is 1.36. The van der Waals surface area contributed by atoms with Gasteiger partial charge in [0.15, 0.2) is 11.6 Å². The zero-order valence-corrected chi connectivity index (χ0v) is 13.1. The SMILES string of the molecule is CC(=N[S+]([O-])C(C)(C)C)c1cnc(-n2cc(F)cn2)cn1. The highest BCUT2D eigenvalue weighted by Crippen LogP contribution is 2.18. The second kappa shape index (κ2) is 5.90. The lowest BCUT2D eigenvalue weighted by molar-refractivity contribution is 0.561. The van der Waals surface area contributed by atoms with Crippen LogP contribution in [0.4, 0.5) is 4.39 Å². The molecule has 2 rings (SSSR count). The van der Waals surface area contributed by atoms with Crippen LogP contribution in [-0.4, -0.2) is 34.8 Å². The molecule has 1 unspecified atom stereocenters. The summed E-state index contributed by atoms with van der Waals surface area (Å²) in [6, 6.07) is 0. The van der Waals surface area contributed by atoms with E-state index in [4.69, 9.17) is 0 Å². The summed E-state index contributed by atoms with van der Waals surface area (Å²) in [5, 5.41) is 3.80. The van der Waals surface area contributed by atoms with E-state index in [0.29, 0.717) is 17.2 Å². The van der Waals surface area contributed by atoms with Gasteiger partial charge in [0.25, 0.3) is 0 Å². The predicted molar refractivity (Wildman–Crippen MR) is 79.2 cm³/mol. The summed E-state index contributed by atoms with van der Waals surface area (Å²) >= 11 is -1.35. The molecule has 21 heavy (non-hydrogen) atoms. The minimum absolute atomic E-state index is 0.396. The minimum atomic E-state index is -1.35. The molecule has 8 heteroatoms.